The molecule has 55 heavy (non-hydrogen) atoms. The Labute approximate surface area is 323 Å². The Hall–Kier alpha value is -6.68. The SMILES string of the molecule is C1=CC(c2ccc(Nc3cc4ccccc4c4ccccc34)cc2)CC=C1N(c1ccc2sc3ccccc3c2c1)c1cc2ccccc2c2ccccc12. The molecule has 0 saturated heterocycles. The van der Waals surface area contributed by atoms with Crippen molar-refractivity contribution in [2.75, 3.05) is 10.2 Å². The minimum absolute atomic E-state index is 0.290. The third-order valence-corrected chi connectivity index (χ3v) is 12.5. The van der Waals surface area contributed by atoms with E-state index in [9.17, 15) is 0 Å². The first-order chi connectivity index (χ1) is 27.2. The average Bonchev–Trinajstić information content (AvgIpc) is 3.63. The Kier molecular flexibility index (Phi) is 7.53. The zero-order chi connectivity index (χ0) is 36.3. The van der Waals surface area contributed by atoms with Gasteiger partial charge in [-0.25, -0.2) is 0 Å². The number of hydrogen-bond donors (Lipinski definition) is 1. The molecule has 1 N–H and O–H groups in total. The molecule has 0 aliphatic heterocycles. The van der Waals surface area contributed by atoms with Crippen molar-refractivity contribution in [2.24, 2.45) is 0 Å². The molecule has 3 heteroatoms. The minimum atomic E-state index is 0.290. The second-order valence-corrected chi connectivity index (χ2v) is 15.6. The second kappa shape index (κ2) is 13.0. The largest absolute Gasteiger partial charge is 0.355 e. The van der Waals surface area contributed by atoms with Crippen LogP contribution in [-0.2, 0) is 0 Å². The number of thiophene rings is 1. The summed E-state index contributed by atoms with van der Waals surface area (Å²) in [5.74, 6) is 0.290. The lowest BCUT2D eigenvalue weighted by Gasteiger charge is -2.30. The van der Waals surface area contributed by atoms with Gasteiger partial charge in [0, 0.05) is 59.6 Å². The van der Waals surface area contributed by atoms with E-state index in [-0.39, 0.29) is 5.92 Å². The zero-order valence-electron chi connectivity index (χ0n) is 30.1. The van der Waals surface area contributed by atoms with Crippen molar-refractivity contribution in [1.82, 2.24) is 0 Å². The van der Waals surface area contributed by atoms with Crippen LogP contribution in [0.5, 0.6) is 0 Å². The highest BCUT2D eigenvalue weighted by Gasteiger charge is 2.22. The first kappa shape index (κ1) is 31.8. The van der Waals surface area contributed by atoms with Gasteiger partial charge in [0.15, 0.2) is 0 Å². The Morgan fingerprint density at radius 1 is 0.491 bits per heavy atom. The summed E-state index contributed by atoms with van der Waals surface area (Å²) in [7, 11) is 0. The molecular weight excluding hydrogens is 685 g/mol. The maximum Gasteiger partial charge on any atom is 0.0546 e. The maximum atomic E-state index is 3.74. The van der Waals surface area contributed by atoms with Gasteiger partial charge in [-0.3, -0.25) is 0 Å². The number of rotatable bonds is 6. The first-order valence-electron chi connectivity index (χ1n) is 19.0. The van der Waals surface area contributed by atoms with E-state index in [2.05, 4.69) is 204 Å². The van der Waals surface area contributed by atoms with E-state index in [0.717, 1.165) is 17.8 Å². The molecule has 0 radical (unpaired) electrons. The van der Waals surface area contributed by atoms with E-state index in [1.165, 1.54) is 85.9 Å². The van der Waals surface area contributed by atoms with Crippen molar-refractivity contribution >= 4 is 97.3 Å². The highest BCUT2D eigenvalue weighted by atomic mass is 32.1. The molecule has 0 spiro atoms. The number of allylic oxidation sites excluding steroid dienone is 3. The molecule has 0 saturated carbocycles. The van der Waals surface area contributed by atoms with Gasteiger partial charge in [-0.2, -0.15) is 0 Å². The second-order valence-electron chi connectivity index (χ2n) is 14.5. The van der Waals surface area contributed by atoms with Crippen LogP contribution in [0.3, 0.4) is 0 Å². The lowest BCUT2D eigenvalue weighted by atomic mass is 9.90. The van der Waals surface area contributed by atoms with Crippen LogP contribution in [0.2, 0.25) is 0 Å². The zero-order valence-corrected chi connectivity index (χ0v) is 30.9. The summed E-state index contributed by atoms with van der Waals surface area (Å²) in [6.07, 6.45) is 8.07. The third-order valence-electron chi connectivity index (χ3n) is 11.3. The molecule has 0 amide bonds. The molecule has 10 aromatic rings. The number of nitrogens with one attached hydrogen (secondary N) is 1. The molecule has 1 atom stereocenters. The van der Waals surface area contributed by atoms with Gasteiger partial charge in [0.25, 0.3) is 0 Å². The lowest BCUT2D eigenvalue weighted by Crippen LogP contribution is -2.17. The summed E-state index contributed by atoms with van der Waals surface area (Å²) in [5, 5.41) is 16.4. The van der Waals surface area contributed by atoms with Crippen molar-refractivity contribution in [2.45, 2.75) is 12.3 Å². The summed E-state index contributed by atoms with van der Waals surface area (Å²) in [5.41, 5.74) is 7.08. The molecule has 2 nitrogen and oxygen atoms in total. The van der Waals surface area contributed by atoms with Crippen molar-refractivity contribution in [3.8, 4) is 0 Å². The highest BCUT2D eigenvalue weighted by Crippen LogP contribution is 2.44. The van der Waals surface area contributed by atoms with E-state index in [4.69, 9.17) is 0 Å². The number of nitrogens with zero attached hydrogens (tertiary/aromatic N) is 1. The van der Waals surface area contributed by atoms with Gasteiger partial charge >= 0.3 is 0 Å². The Bertz CT molecular complexity index is 3170. The summed E-state index contributed by atoms with van der Waals surface area (Å²) < 4.78 is 2.64. The Balaban J connectivity index is 0.952. The molecular formula is C52H36N2S. The van der Waals surface area contributed by atoms with Crippen LogP contribution in [0, 0.1) is 0 Å². The van der Waals surface area contributed by atoms with E-state index in [1.807, 2.05) is 11.3 Å². The van der Waals surface area contributed by atoms with Crippen molar-refractivity contribution in [3.63, 3.8) is 0 Å². The lowest BCUT2D eigenvalue weighted by molar-refractivity contribution is 0.840. The van der Waals surface area contributed by atoms with Crippen LogP contribution in [0.15, 0.2) is 200 Å². The molecule has 0 bridgehead atoms. The third kappa shape index (κ3) is 5.47. The summed E-state index contributed by atoms with van der Waals surface area (Å²) in [6.45, 7) is 0. The predicted octanol–water partition coefficient (Wildman–Crippen LogP) is 15.2. The smallest absolute Gasteiger partial charge is 0.0546 e. The van der Waals surface area contributed by atoms with Gasteiger partial charge in [0.05, 0.1) is 5.69 Å². The van der Waals surface area contributed by atoms with Gasteiger partial charge in [-0.1, -0.05) is 140 Å². The fraction of sp³-hybridized carbons (Fsp3) is 0.0385. The molecule has 0 fully saturated rings. The van der Waals surface area contributed by atoms with Gasteiger partial charge < -0.3 is 10.2 Å². The van der Waals surface area contributed by atoms with Crippen molar-refractivity contribution in [1.29, 1.82) is 0 Å². The first-order valence-corrected chi connectivity index (χ1v) is 19.8. The minimum Gasteiger partial charge on any atom is -0.355 e. The fourth-order valence-electron chi connectivity index (χ4n) is 8.65. The van der Waals surface area contributed by atoms with E-state index in [0.29, 0.717) is 0 Å². The van der Waals surface area contributed by atoms with Gasteiger partial charge in [-0.15, -0.1) is 11.3 Å². The normalized spacial score (nSPS) is 14.3. The fourth-order valence-corrected chi connectivity index (χ4v) is 9.74. The standard InChI is InChI=1S/C52H36N2S/c1-3-13-41-36(11-1)31-49(45-17-7-5-15-43(41)45)53-38-25-21-34(22-26-38)35-23-27-39(28-24-35)54(40-29-30-52-48(33-40)47-19-9-10-20-51(47)55-52)50-32-37-12-2-4-14-42(37)44-16-6-8-18-46(44)50/h1-23,25-33,35,53H,24H2. The van der Waals surface area contributed by atoms with Crippen LogP contribution in [0.25, 0.3) is 63.3 Å². The highest BCUT2D eigenvalue weighted by molar-refractivity contribution is 7.25. The topological polar surface area (TPSA) is 15.3 Å². The van der Waals surface area contributed by atoms with E-state index >= 15 is 0 Å². The Morgan fingerprint density at radius 2 is 1.09 bits per heavy atom. The molecule has 1 aliphatic carbocycles. The van der Waals surface area contributed by atoms with Crippen LogP contribution in [0.1, 0.15) is 17.9 Å². The van der Waals surface area contributed by atoms with Crippen molar-refractivity contribution < 1.29 is 0 Å². The molecule has 9 aromatic carbocycles. The Morgan fingerprint density at radius 3 is 1.82 bits per heavy atom. The maximum absolute atomic E-state index is 3.74. The van der Waals surface area contributed by atoms with Crippen LogP contribution in [-0.4, -0.2) is 0 Å². The quantitative estimate of drug-likeness (QED) is 0.172. The molecule has 260 valence electrons. The molecule has 1 heterocycles. The molecule has 1 aliphatic rings. The summed E-state index contributed by atoms with van der Waals surface area (Å²) >= 11 is 1.87. The monoisotopic (exact) mass is 720 g/mol. The number of fused-ring (bicyclic) bond motifs is 9. The van der Waals surface area contributed by atoms with E-state index in [1.54, 1.807) is 0 Å². The van der Waals surface area contributed by atoms with Gasteiger partial charge in [0.2, 0.25) is 0 Å². The van der Waals surface area contributed by atoms with Crippen LogP contribution in [0.4, 0.5) is 22.7 Å². The van der Waals surface area contributed by atoms with Gasteiger partial charge in [-0.05, 0) is 98.9 Å². The number of anilines is 4. The number of benzene rings is 9. The van der Waals surface area contributed by atoms with Crippen molar-refractivity contribution in [3.05, 3.63) is 205 Å². The summed E-state index contributed by atoms with van der Waals surface area (Å²) in [6, 6.07) is 64.3. The van der Waals surface area contributed by atoms with Crippen LogP contribution >= 0.6 is 11.3 Å². The van der Waals surface area contributed by atoms with Gasteiger partial charge in [0.1, 0.15) is 0 Å². The van der Waals surface area contributed by atoms with Crippen LogP contribution < -0.4 is 10.2 Å². The predicted molar refractivity (Wildman–Crippen MR) is 239 cm³/mol. The average molecular weight is 721 g/mol. The molecule has 1 unspecified atom stereocenters. The molecule has 11 rings (SSSR count). The van der Waals surface area contributed by atoms with E-state index < -0.39 is 0 Å². The molecule has 1 aromatic heterocycles. The number of hydrogen-bond acceptors (Lipinski definition) is 3. The summed E-state index contributed by atoms with van der Waals surface area (Å²) in [4.78, 5) is 2.48.